The normalized spacial score (nSPS) is 11.0. The van der Waals surface area contributed by atoms with Crippen molar-refractivity contribution in [1.82, 2.24) is 10.6 Å². The van der Waals surface area contributed by atoms with Crippen LogP contribution in [-0.2, 0) is 13.1 Å². The van der Waals surface area contributed by atoms with E-state index >= 15 is 0 Å². The summed E-state index contributed by atoms with van der Waals surface area (Å²) in [6, 6.07) is 12.8. The molecule has 0 aliphatic rings. The summed E-state index contributed by atoms with van der Waals surface area (Å²) in [5.41, 5.74) is 2.25. The van der Waals surface area contributed by atoms with E-state index in [1.165, 1.54) is 18.2 Å². The van der Waals surface area contributed by atoms with Gasteiger partial charge in [0.1, 0.15) is 5.75 Å². The predicted octanol–water partition coefficient (Wildman–Crippen LogP) is 3.89. The molecule has 0 saturated heterocycles. The lowest BCUT2D eigenvalue weighted by Gasteiger charge is -2.14. The molecule has 2 amide bonds. The predicted molar refractivity (Wildman–Crippen MR) is 83.4 cm³/mol. The Morgan fingerprint density at radius 1 is 0.958 bits per heavy atom. The van der Waals surface area contributed by atoms with E-state index in [2.05, 4.69) is 15.4 Å². The van der Waals surface area contributed by atoms with Crippen LogP contribution in [0.1, 0.15) is 16.7 Å². The number of carbonyl (C=O) groups is 1. The van der Waals surface area contributed by atoms with Crippen LogP contribution in [0.25, 0.3) is 0 Å². The second kappa shape index (κ2) is 7.72. The second-order valence-corrected chi connectivity index (χ2v) is 5.12. The maximum absolute atomic E-state index is 12.3. The molecule has 4 nitrogen and oxygen atoms in total. The summed E-state index contributed by atoms with van der Waals surface area (Å²) in [5, 5.41) is 5.18. The van der Waals surface area contributed by atoms with Gasteiger partial charge >= 0.3 is 12.4 Å². The fourth-order valence-electron chi connectivity index (χ4n) is 2.10. The van der Waals surface area contributed by atoms with Gasteiger partial charge in [-0.05, 0) is 24.1 Å². The molecule has 0 saturated carbocycles. The number of urea groups is 1. The fraction of sp³-hybridized carbons (Fsp3) is 0.235. The highest BCUT2D eigenvalue weighted by atomic mass is 19.4. The molecule has 2 rings (SSSR count). The number of nitrogens with one attached hydrogen (secondary N) is 2. The first-order valence-corrected chi connectivity index (χ1v) is 7.25. The Labute approximate surface area is 137 Å². The van der Waals surface area contributed by atoms with Crippen molar-refractivity contribution >= 4 is 6.03 Å². The smallest absolute Gasteiger partial charge is 0.405 e. The fourth-order valence-corrected chi connectivity index (χ4v) is 2.10. The number of hydrogen-bond donors (Lipinski definition) is 2. The van der Waals surface area contributed by atoms with Crippen LogP contribution >= 0.6 is 0 Å². The van der Waals surface area contributed by atoms with Gasteiger partial charge in [0.15, 0.2) is 0 Å². The number of aryl methyl sites for hydroxylation is 1. The van der Waals surface area contributed by atoms with Gasteiger partial charge in [-0.1, -0.05) is 42.5 Å². The van der Waals surface area contributed by atoms with Crippen molar-refractivity contribution < 1.29 is 22.7 Å². The molecule has 2 N–H and O–H groups in total. The minimum Gasteiger partial charge on any atom is -0.405 e. The Hall–Kier alpha value is -2.70. The lowest BCUT2D eigenvalue weighted by atomic mass is 10.1. The molecular weight excluding hydrogens is 321 g/mol. The standard InChI is InChI=1S/C17H17F3N2O2/c1-12-6-2-3-7-13(12)10-21-16(23)22-11-14-8-4-5-9-15(14)24-17(18,19)20/h2-9H,10-11H2,1H3,(H2,21,22,23). The molecule has 0 aliphatic heterocycles. The van der Waals surface area contributed by atoms with Gasteiger partial charge < -0.3 is 15.4 Å². The maximum atomic E-state index is 12.3. The zero-order chi connectivity index (χ0) is 17.6. The van der Waals surface area contributed by atoms with E-state index in [1.54, 1.807) is 6.07 Å². The van der Waals surface area contributed by atoms with Crippen LogP contribution in [-0.4, -0.2) is 12.4 Å². The summed E-state index contributed by atoms with van der Waals surface area (Å²) < 4.78 is 41.0. The topological polar surface area (TPSA) is 50.4 Å². The summed E-state index contributed by atoms with van der Waals surface area (Å²) in [5.74, 6) is -0.329. The van der Waals surface area contributed by atoms with E-state index < -0.39 is 12.4 Å². The van der Waals surface area contributed by atoms with Gasteiger partial charge in [-0.2, -0.15) is 0 Å². The Balaban J connectivity index is 1.89. The SMILES string of the molecule is Cc1ccccc1CNC(=O)NCc1ccccc1OC(F)(F)F. The Kier molecular flexibility index (Phi) is 5.68. The van der Waals surface area contributed by atoms with E-state index in [4.69, 9.17) is 0 Å². The molecule has 0 heterocycles. The van der Waals surface area contributed by atoms with Crippen LogP contribution in [0.15, 0.2) is 48.5 Å². The number of amides is 2. The number of hydrogen-bond acceptors (Lipinski definition) is 2. The zero-order valence-corrected chi connectivity index (χ0v) is 13.0. The summed E-state index contributed by atoms with van der Waals surface area (Å²) in [7, 11) is 0. The molecule has 128 valence electrons. The minimum atomic E-state index is -4.77. The minimum absolute atomic E-state index is 0.0775. The molecule has 7 heteroatoms. The number of carbonyl (C=O) groups excluding carboxylic acids is 1. The highest BCUT2D eigenvalue weighted by Gasteiger charge is 2.31. The second-order valence-electron chi connectivity index (χ2n) is 5.12. The van der Waals surface area contributed by atoms with E-state index in [-0.39, 0.29) is 17.9 Å². The average Bonchev–Trinajstić information content (AvgIpc) is 2.52. The third kappa shape index (κ3) is 5.49. The number of ether oxygens (including phenoxy) is 1. The molecular formula is C17H17F3N2O2. The number of benzene rings is 2. The van der Waals surface area contributed by atoms with Crippen LogP contribution in [0.2, 0.25) is 0 Å². The van der Waals surface area contributed by atoms with Gasteiger partial charge in [0.25, 0.3) is 0 Å². The van der Waals surface area contributed by atoms with Crippen molar-refractivity contribution in [2.24, 2.45) is 0 Å². The first-order valence-electron chi connectivity index (χ1n) is 7.25. The molecule has 0 bridgehead atoms. The summed E-state index contributed by atoms with van der Waals surface area (Å²) >= 11 is 0. The highest BCUT2D eigenvalue weighted by Crippen LogP contribution is 2.26. The van der Waals surface area contributed by atoms with Crippen LogP contribution in [0.4, 0.5) is 18.0 Å². The van der Waals surface area contributed by atoms with Crippen molar-refractivity contribution in [2.45, 2.75) is 26.4 Å². The lowest BCUT2D eigenvalue weighted by Crippen LogP contribution is -2.34. The van der Waals surface area contributed by atoms with Crippen LogP contribution in [0, 0.1) is 6.92 Å². The van der Waals surface area contributed by atoms with Gasteiger partial charge in [-0.15, -0.1) is 13.2 Å². The first-order chi connectivity index (χ1) is 11.3. The molecule has 24 heavy (non-hydrogen) atoms. The molecule has 0 fully saturated rings. The maximum Gasteiger partial charge on any atom is 0.573 e. The van der Waals surface area contributed by atoms with E-state index in [9.17, 15) is 18.0 Å². The highest BCUT2D eigenvalue weighted by molar-refractivity contribution is 5.74. The van der Waals surface area contributed by atoms with E-state index in [0.717, 1.165) is 11.1 Å². The molecule has 2 aromatic rings. The van der Waals surface area contributed by atoms with Gasteiger partial charge in [-0.3, -0.25) is 0 Å². The van der Waals surface area contributed by atoms with E-state index in [1.807, 2.05) is 31.2 Å². The number of halogens is 3. The van der Waals surface area contributed by atoms with Crippen LogP contribution in [0.3, 0.4) is 0 Å². The summed E-state index contributed by atoms with van der Waals surface area (Å²) in [6.45, 7) is 2.19. The Morgan fingerprint density at radius 2 is 1.50 bits per heavy atom. The zero-order valence-electron chi connectivity index (χ0n) is 13.0. The van der Waals surface area contributed by atoms with Crippen molar-refractivity contribution in [3.8, 4) is 5.75 Å². The molecule has 0 atom stereocenters. The van der Waals surface area contributed by atoms with Gasteiger partial charge in [0.2, 0.25) is 0 Å². The number of rotatable bonds is 5. The monoisotopic (exact) mass is 338 g/mol. The Morgan fingerprint density at radius 3 is 2.12 bits per heavy atom. The largest absolute Gasteiger partial charge is 0.573 e. The van der Waals surface area contributed by atoms with Crippen LogP contribution in [0.5, 0.6) is 5.75 Å². The number of para-hydroxylation sites is 1. The molecule has 0 aromatic heterocycles. The molecule has 2 aromatic carbocycles. The molecule has 0 unspecified atom stereocenters. The third-order valence-electron chi connectivity index (χ3n) is 3.34. The number of alkyl halides is 3. The van der Waals surface area contributed by atoms with Crippen molar-refractivity contribution in [3.05, 3.63) is 65.2 Å². The first kappa shape index (κ1) is 17.7. The van der Waals surface area contributed by atoms with Crippen molar-refractivity contribution in [1.29, 1.82) is 0 Å². The Bertz CT molecular complexity index is 702. The third-order valence-corrected chi connectivity index (χ3v) is 3.34. The van der Waals surface area contributed by atoms with E-state index in [0.29, 0.717) is 6.54 Å². The van der Waals surface area contributed by atoms with Crippen LogP contribution < -0.4 is 15.4 Å². The molecule has 0 aliphatic carbocycles. The van der Waals surface area contributed by atoms with Crippen molar-refractivity contribution in [2.75, 3.05) is 0 Å². The average molecular weight is 338 g/mol. The molecule has 0 spiro atoms. The molecule has 0 radical (unpaired) electrons. The quantitative estimate of drug-likeness (QED) is 0.869. The lowest BCUT2D eigenvalue weighted by molar-refractivity contribution is -0.274. The summed E-state index contributed by atoms with van der Waals surface area (Å²) in [4.78, 5) is 11.8. The van der Waals surface area contributed by atoms with Gasteiger partial charge in [0.05, 0.1) is 0 Å². The summed E-state index contributed by atoms with van der Waals surface area (Å²) in [6.07, 6.45) is -4.77. The van der Waals surface area contributed by atoms with Crippen molar-refractivity contribution in [3.63, 3.8) is 0 Å². The van der Waals surface area contributed by atoms with Gasteiger partial charge in [-0.25, -0.2) is 4.79 Å². The van der Waals surface area contributed by atoms with Gasteiger partial charge in [0, 0.05) is 18.7 Å².